The van der Waals surface area contributed by atoms with Crippen LogP contribution in [0, 0.1) is 0 Å². The van der Waals surface area contributed by atoms with E-state index in [2.05, 4.69) is 5.32 Å². The van der Waals surface area contributed by atoms with Gasteiger partial charge in [0.1, 0.15) is 11.6 Å². The Labute approximate surface area is 113 Å². The second-order valence-corrected chi connectivity index (χ2v) is 6.15. The van der Waals surface area contributed by atoms with E-state index in [1.54, 1.807) is 0 Å². The first-order valence-electron chi connectivity index (χ1n) is 6.65. The fourth-order valence-corrected chi connectivity index (χ4v) is 2.73. The standard InChI is InChI=1S/C13H22N2O4/c1-13(2,3)19-12(17)15-7-8-5-6-9(14-8)10(15)11(16)18-4/h8-10,14H,5-7H2,1-4H3. The van der Waals surface area contributed by atoms with Crippen molar-refractivity contribution in [3.63, 3.8) is 0 Å². The summed E-state index contributed by atoms with van der Waals surface area (Å²) >= 11 is 0. The fourth-order valence-electron chi connectivity index (χ4n) is 2.73. The Morgan fingerprint density at radius 1 is 1.26 bits per heavy atom. The van der Waals surface area contributed by atoms with E-state index in [0.29, 0.717) is 6.54 Å². The number of methoxy groups -OCH3 is 1. The van der Waals surface area contributed by atoms with E-state index in [4.69, 9.17) is 9.47 Å². The lowest BCUT2D eigenvalue weighted by Gasteiger charge is -2.39. The number of hydrogen-bond acceptors (Lipinski definition) is 5. The molecule has 0 aromatic carbocycles. The number of amides is 1. The van der Waals surface area contributed by atoms with E-state index in [0.717, 1.165) is 12.8 Å². The first kappa shape index (κ1) is 14.1. The van der Waals surface area contributed by atoms with Gasteiger partial charge in [-0.15, -0.1) is 0 Å². The number of ether oxygens (including phenoxy) is 2. The van der Waals surface area contributed by atoms with Gasteiger partial charge < -0.3 is 14.8 Å². The van der Waals surface area contributed by atoms with Gasteiger partial charge in [0, 0.05) is 18.6 Å². The van der Waals surface area contributed by atoms with E-state index >= 15 is 0 Å². The predicted octanol–water partition coefficient (Wildman–Crippen LogP) is 0.899. The highest BCUT2D eigenvalue weighted by atomic mass is 16.6. The van der Waals surface area contributed by atoms with Gasteiger partial charge in [0.15, 0.2) is 0 Å². The molecule has 0 aliphatic carbocycles. The molecule has 108 valence electrons. The van der Waals surface area contributed by atoms with E-state index in [1.807, 2.05) is 20.8 Å². The monoisotopic (exact) mass is 270 g/mol. The van der Waals surface area contributed by atoms with Crippen LogP contribution in [0.5, 0.6) is 0 Å². The van der Waals surface area contributed by atoms with Crippen LogP contribution in [0.1, 0.15) is 33.6 Å². The number of likely N-dealkylation sites (tertiary alicyclic amines) is 1. The second kappa shape index (κ2) is 5.00. The van der Waals surface area contributed by atoms with Crippen LogP contribution >= 0.6 is 0 Å². The number of nitrogens with zero attached hydrogens (tertiary/aromatic N) is 1. The molecule has 0 aromatic heterocycles. The molecule has 2 aliphatic heterocycles. The van der Waals surface area contributed by atoms with E-state index in [9.17, 15) is 9.59 Å². The van der Waals surface area contributed by atoms with Crippen molar-refractivity contribution in [2.75, 3.05) is 13.7 Å². The number of carbonyl (C=O) groups excluding carboxylic acids is 2. The Hall–Kier alpha value is -1.30. The maximum Gasteiger partial charge on any atom is 0.411 e. The Kier molecular flexibility index (Phi) is 3.71. The number of rotatable bonds is 1. The normalized spacial score (nSPS) is 30.1. The maximum absolute atomic E-state index is 12.2. The highest BCUT2D eigenvalue weighted by molar-refractivity contribution is 5.83. The van der Waals surface area contributed by atoms with Crippen molar-refractivity contribution in [2.45, 2.75) is 57.3 Å². The number of esters is 1. The summed E-state index contributed by atoms with van der Waals surface area (Å²) in [6, 6.07) is -0.365. The first-order valence-corrected chi connectivity index (χ1v) is 6.65. The summed E-state index contributed by atoms with van der Waals surface area (Å²) in [5.41, 5.74) is -0.568. The van der Waals surface area contributed by atoms with E-state index in [-0.39, 0.29) is 18.1 Å². The third-order valence-electron chi connectivity index (χ3n) is 3.48. The zero-order valence-corrected chi connectivity index (χ0v) is 11.9. The summed E-state index contributed by atoms with van der Waals surface area (Å²) in [5, 5.41) is 3.35. The number of piperazine rings is 1. The smallest absolute Gasteiger partial charge is 0.411 e. The van der Waals surface area contributed by atoms with Crippen LogP contribution in [0.2, 0.25) is 0 Å². The Balaban J connectivity index is 2.16. The molecule has 6 heteroatoms. The molecule has 0 radical (unpaired) electrons. The summed E-state index contributed by atoms with van der Waals surface area (Å²) in [5.74, 6) is -0.385. The molecule has 2 fully saturated rings. The van der Waals surface area contributed by atoms with Gasteiger partial charge in [0.25, 0.3) is 0 Å². The molecule has 0 aromatic rings. The average molecular weight is 270 g/mol. The SMILES string of the molecule is COC(=O)C1C2CCC(CN1C(=O)OC(C)(C)C)N2. The topological polar surface area (TPSA) is 67.9 Å². The number of nitrogens with one attached hydrogen (secondary N) is 1. The van der Waals surface area contributed by atoms with Gasteiger partial charge >= 0.3 is 12.1 Å². The van der Waals surface area contributed by atoms with Crippen LogP contribution in [-0.2, 0) is 14.3 Å². The van der Waals surface area contributed by atoms with Crippen LogP contribution in [0.15, 0.2) is 0 Å². The third-order valence-corrected chi connectivity index (χ3v) is 3.48. The number of fused-ring (bicyclic) bond motifs is 2. The van der Waals surface area contributed by atoms with Gasteiger partial charge in [-0.05, 0) is 33.6 Å². The van der Waals surface area contributed by atoms with E-state index < -0.39 is 17.7 Å². The molecule has 2 bridgehead atoms. The van der Waals surface area contributed by atoms with Crippen molar-refractivity contribution in [3.05, 3.63) is 0 Å². The van der Waals surface area contributed by atoms with Crippen molar-refractivity contribution in [1.82, 2.24) is 10.2 Å². The van der Waals surface area contributed by atoms with Gasteiger partial charge in [-0.3, -0.25) is 4.90 Å². The summed E-state index contributed by atoms with van der Waals surface area (Å²) in [6.07, 6.45) is 1.41. The zero-order chi connectivity index (χ0) is 14.2. The molecular formula is C13H22N2O4. The summed E-state index contributed by atoms with van der Waals surface area (Å²) in [7, 11) is 1.34. The quantitative estimate of drug-likeness (QED) is 0.717. The largest absolute Gasteiger partial charge is 0.467 e. The summed E-state index contributed by atoms with van der Waals surface area (Å²) in [6.45, 7) is 5.93. The van der Waals surface area contributed by atoms with Crippen molar-refractivity contribution in [2.24, 2.45) is 0 Å². The predicted molar refractivity (Wildman–Crippen MR) is 68.7 cm³/mol. The van der Waals surface area contributed by atoms with Gasteiger partial charge in [-0.2, -0.15) is 0 Å². The molecule has 0 saturated carbocycles. The second-order valence-electron chi connectivity index (χ2n) is 6.15. The Morgan fingerprint density at radius 2 is 1.95 bits per heavy atom. The van der Waals surface area contributed by atoms with Crippen molar-refractivity contribution < 1.29 is 19.1 Å². The molecule has 0 spiro atoms. The Bertz CT molecular complexity index is 377. The molecular weight excluding hydrogens is 248 g/mol. The molecule has 1 N–H and O–H groups in total. The highest BCUT2D eigenvalue weighted by Crippen LogP contribution is 2.27. The van der Waals surface area contributed by atoms with Crippen LogP contribution < -0.4 is 5.32 Å². The van der Waals surface area contributed by atoms with Crippen molar-refractivity contribution in [3.8, 4) is 0 Å². The van der Waals surface area contributed by atoms with Crippen LogP contribution in [0.4, 0.5) is 4.79 Å². The molecule has 2 saturated heterocycles. The van der Waals surface area contributed by atoms with Crippen molar-refractivity contribution in [1.29, 1.82) is 0 Å². The lowest BCUT2D eigenvalue weighted by atomic mass is 10.1. The molecule has 19 heavy (non-hydrogen) atoms. The number of carbonyl (C=O) groups is 2. The zero-order valence-electron chi connectivity index (χ0n) is 11.9. The van der Waals surface area contributed by atoms with Gasteiger partial charge in [0.05, 0.1) is 7.11 Å². The van der Waals surface area contributed by atoms with Crippen LogP contribution in [0.3, 0.4) is 0 Å². The fraction of sp³-hybridized carbons (Fsp3) is 0.846. The summed E-state index contributed by atoms with van der Waals surface area (Å²) < 4.78 is 10.2. The van der Waals surface area contributed by atoms with Crippen molar-refractivity contribution >= 4 is 12.1 Å². The highest BCUT2D eigenvalue weighted by Gasteiger charge is 2.47. The minimum atomic E-state index is -0.585. The summed E-state index contributed by atoms with van der Waals surface area (Å²) in [4.78, 5) is 25.7. The van der Waals surface area contributed by atoms with Gasteiger partial charge in [-0.1, -0.05) is 0 Å². The molecule has 1 amide bonds. The maximum atomic E-state index is 12.2. The lowest BCUT2D eigenvalue weighted by molar-refractivity contribution is -0.148. The molecule has 2 rings (SSSR count). The molecule has 3 unspecified atom stereocenters. The minimum absolute atomic E-state index is 0.0290. The molecule has 2 aliphatic rings. The molecule has 6 nitrogen and oxygen atoms in total. The van der Waals surface area contributed by atoms with Gasteiger partial charge in [0.2, 0.25) is 0 Å². The van der Waals surface area contributed by atoms with Crippen LogP contribution in [0.25, 0.3) is 0 Å². The average Bonchev–Trinajstić information content (AvgIpc) is 2.68. The van der Waals surface area contributed by atoms with Gasteiger partial charge in [-0.25, -0.2) is 9.59 Å². The van der Waals surface area contributed by atoms with Crippen LogP contribution in [-0.4, -0.2) is 54.3 Å². The third kappa shape index (κ3) is 3.00. The lowest BCUT2D eigenvalue weighted by Crippen LogP contribution is -2.63. The minimum Gasteiger partial charge on any atom is -0.467 e. The number of hydrogen-bond donors (Lipinski definition) is 1. The Morgan fingerprint density at radius 3 is 2.53 bits per heavy atom. The first-order chi connectivity index (χ1) is 8.81. The molecule has 2 heterocycles. The van der Waals surface area contributed by atoms with E-state index in [1.165, 1.54) is 12.0 Å². The molecule has 3 atom stereocenters.